The van der Waals surface area contributed by atoms with Gasteiger partial charge in [0, 0.05) is 0 Å². The van der Waals surface area contributed by atoms with Crippen LogP contribution in [0.1, 0.15) is 5.56 Å². The average Bonchev–Trinajstić information content (AvgIpc) is 2.46. The molecule has 20 heavy (non-hydrogen) atoms. The molecule has 1 aromatic heterocycles. The molecule has 1 amide bonds. The van der Waals surface area contributed by atoms with Crippen molar-refractivity contribution in [2.45, 2.75) is 6.42 Å². The van der Waals surface area contributed by atoms with E-state index in [0.717, 1.165) is 5.56 Å². The smallest absolute Gasteiger partial charge is 0.234 e. The van der Waals surface area contributed by atoms with Crippen molar-refractivity contribution in [2.24, 2.45) is 11.7 Å². The number of benzene rings is 1. The largest absolute Gasteiger partial charge is 0.393 e. The van der Waals surface area contributed by atoms with Gasteiger partial charge in [-0.05, 0) is 12.0 Å². The van der Waals surface area contributed by atoms with Crippen molar-refractivity contribution in [2.75, 3.05) is 5.32 Å². The third-order valence-corrected chi connectivity index (χ3v) is 3.06. The number of nitrogens with two attached hydrogens (primary N) is 1. The predicted molar refractivity (Wildman–Crippen MR) is 81.1 cm³/mol. The van der Waals surface area contributed by atoms with E-state index in [0.29, 0.717) is 12.1 Å². The van der Waals surface area contributed by atoms with Gasteiger partial charge in [0.25, 0.3) is 0 Å². The molecule has 2 rings (SSSR count). The van der Waals surface area contributed by atoms with Crippen LogP contribution in [0.2, 0.25) is 0 Å². The number of anilines is 1. The van der Waals surface area contributed by atoms with Crippen molar-refractivity contribution in [3.05, 3.63) is 54.6 Å². The fourth-order valence-corrected chi connectivity index (χ4v) is 1.96. The first kappa shape index (κ1) is 14.1. The quantitative estimate of drug-likeness (QED) is 0.815. The fraction of sp³-hybridized carbons (Fsp3) is 0.143. The van der Waals surface area contributed by atoms with Gasteiger partial charge >= 0.3 is 0 Å². The highest BCUT2D eigenvalue weighted by atomic mass is 32.1. The Morgan fingerprint density at radius 1 is 1.25 bits per heavy atom. The summed E-state index contributed by atoms with van der Waals surface area (Å²) in [5.74, 6) is -0.816. The number of thiocarbonyl (C=S) groups is 1. The van der Waals surface area contributed by atoms with Gasteiger partial charge in [0.05, 0.1) is 29.0 Å². The molecule has 0 fully saturated rings. The highest BCUT2D eigenvalue weighted by molar-refractivity contribution is 7.80. The zero-order valence-corrected chi connectivity index (χ0v) is 11.5. The van der Waals surface area contributed by atoms with E-state index in [9.17, 15) is 4.79 Å². The number of nitrogens with zero attached hydrogens (tertiary/aromatic N) is 2. The summed E-state index contributed by atoms with van der Waals surface area (Å²) >= 11 is 4.99. The molecular formula is C14H14N4OS. The highest BCUT2D eigenvalue weighted by Gasteiger charge is 2.22. The number of nitrogens with one attached hydrogen (secondary N) is 1. The molecule has 102 valence electrons. The van der Waals surface area contributed by atoms with E-state index >= 15 is 0 Å². The summed E-state index contributed by atoms with van der Waals surface area (Å²) in [4.78, 5) is 20.1. The first-order chi connectivity index (χ1) is 9.66. The molecule has 0 saturated carbocycles. The summed E-state index contributed by atoms with van der Waals surface area (Å²) in [7, 11) is 0. The fourth-order valence-electron chi connectivity index (χ4n) is 1.77. The molecule has 0 spiro atoms. The topological polar surface area (TPSA) is 80.9 Å². The number of carbonyl (C=O) groups is 1. The number of amides is 1. The van der Waals surface area contributed by atoms with Crippen LogP contribution in [0.5, 0.6) is 0 Å². The van der Waals surface area contributed by atoms with Crippen LogP contribution < -0.4 is 11.1 Å². The normalized spacial score (nSPS) is 11.6. The monoisotopic (exact) mass is 286 g/mol. The van der Waals surface area contributed by atoms with Crippen molar-refractivity contribution >= 4 is 28.8 Å². The Labute approximate surface area is 122 Å². The molecule has 3 N–H and O–H groups in total. The second-order valence-electron chi connectivity index (χ2n) is 4.26. The summed E-state index contributed by atoms with van der Waals surface area (Å²) < 4.78 is 0. The predicted octanol–water partition coefficient (Wildman–Crippen LogP) is 1.56. The number of hydrogen-bond acceptors (Lipinski definition) is 4. The molecule has 0 saturated heterocycles. The maximum atomic E-state index is 12.2. The summed E-state index contributed by atoms with van der Waals surface area (Å²) in [6, 6.07) is 9.61. The Bertz CT molecular complexity index is 589. The zero-order chi connectivity index (χ0) is 14.4. The summed E-state index contributed by atoms with van der Waals surface area (Å²) in [6.07, 6.45) is 4.90. The Hall–Kier alpha value is -2.34. The number of carbonyl (C=O) groups excluding carboxylic acids is 1. The molecule has 0 bridgehead atoms. The third kappa shape index (κ3) is 3.83. The minimum absolute atomic E-state index is 0.170. The van der Waals surface area contributed by atoms with Gasteiger partial charge in [0.2, 0.25) is 5.91 Å². The second kappa shape index (κ2) is 6.72. The van der Waals surface area contributed by atoms with Crippen molar-refractivity contribution < 1.29 is 4.79 Å². The van der Waals surface area contributed by atoms with Crippen LogP contribution in [0.3, 0.4) is 0 Å². The van der Waals surface area contributed by atoms with E-state index in [2.05, 4.69) is 15.3 Å². The number of aromatic nitrogens is 2. The van der Waals surface area contributed by atoms with Gasteiger partial charge in [0.1, 0.15) is 6.33 Å². The molecule has 0 radical (unpaired) electrons. The van der Waals surface area contributed by atoms with Crippen LogP contribution in [0, 0.1) is 5.92 Å². The summed E-state index contributed by atoms with van der Waals surface area (Å²) in [5, 5.41) is 2.71. The molecule has 1 unspecified atom stereocenters. The van der Waals surface area contributed by atoms with Gasteiger partial charge in [-0.15, -0.1) is 0 Å². The zero-order valence-electron chi connectivity index (χ0n) is 10.7. The van der Waals surface area contributed by atoms with Crippen LogP contribution in [-0.2, 0) is 11.2 Å². The lowest BCUT2D eigenvalue weighted by Crippen LogP contribution is -2.34. The van der Waals surface area contributed by atoms with Crippen molar-refractivity contribution in [3.8, 4) is 0 Å². The van der Waals surface area contributed by atoms with Crippen LogP contribution in [0.15, 0.2) is 49.1 Å². The minimum atomic E-state index is -0.562. The molecule has 5 nitrogen and oxygen atoms in total. The van der Waals surface area contributed by atoms with Gasteiger partial charge < -0.3 is 11.1 Å². The van der Waals surface area contributed by atoms with Crippen LogP contribution in [0.25, 0.3) is 0 Å². The molecule has 0 aliphatic heterocycles. The van der Waals surface area contributed by atoms with E-state index in [4.69, 9.17) is 18.0 Å². The SMILES string of the molecule is NC(=S)C(Cc1ccccc1)C(=O)Nc1cncnc1. The highest BCUT2D eigenvalue weighted by Crippen LogP contribution is 2.12. The van der Waals surface area contributed by atoms with Gasteiger partial charge in [-0.25, -0.2) is 9.97 Å². The summed E-state index contributed by atoms with van der Waals surface area (Å²) in [6.45, 7) is 0. The lowest BCUT2D eigenvalue weighted by Gasteiger charge is -2.15. The molecule has 1 aromatic carbocycles. The molecule has 1 atom stereocenters. The van der Waals surface area contributed by atoms with Crippen molar-refractivity contribution in [3.63, 3.8) is 0 Å². The van der Waals surface area contributed by atoms with Crippen molar-refractivity contribution in [1.29, 1.82) is 0 Å². The molecule has 0 aliphatic rings. The molecule has 2 aromatic rings. The van der Waals surface area contributed by atoms with E-state index in [1.807, 2.05) is 30.3 Å². The average molecular weight is 286 g/mol. The number of rotatable bonds is 5. The lowest BCUT2D eigenvalue weighted by molar-refractivity contribution is -0.118. The summed E-state index contributed by atoms with van der Waals surface area (Å²) in [5.41, 5.74) is 7.20. The maximum Gasteiger partial charge on any atom is 0.234 e. The van der Waals surface area contributed by atoms with E-state index in [1.54, 1.807) is 0 Å². The van der Waals surface area contributed by atoms with Gasteiger partial charge in [0.15, 0.2) is 0 Å². The molecule has 1 heterocycles. The van der Waals surface area contributed by atoms with Crippen LogP contribution >= 0.6 is 12.2 Å². The Balaban J connectivity index is 2.09. The van der Waals surface area contributed by atoms with E-state index < -0.39 is 5.92 Å². The van der Waals surface area contributed by atoms with Crippen LogP contribution in [0.4, 0.5) is 5.69 Å². The molecule has 6 heteroatoms. The standard InChI is InChI=1S/C14H14N4OS/c15-13(20)12(6-10-4-2-1-3-5-10)14(19)18-11-7-16-9-17-8-11/h1-5,7-9,12H,6H2,(H2,15,20)(H,18,19). The van der Waals surface area contributed by atoms with Gasteiger partial charge in [-0.2, -0.15) is 0 Å². The minimum Gasteiger partial charge on any atom is -0.393 e. The number of hydrogen-bond donors (Lipinski definition) is 2. The lowest BCUT2D eigenvalue weighted by atomic mass is 9.98. The van der Waals surface area contributed by atoms with E-state index in [-0.39, 0.29) is 10.9 Å². The third-order valence-electron chi connectivity index (χ3n) is 2.77. The maximum absolute atomic E-state index is 12.2. The van der Waals surface area contributed by atoms with E-state index in [1.165, 1.54) is 18.7 Å². The Morgan fingerprint density at radius 3 is 2.50 bits per heavy atom. The van der Waals surface area contributed by atoms with Gasteiger partial charge in [-0.3, -0.25) is 4.79 Å². The Morgan fingerprint density at radius 2 is 1.90 bits per heavy atom. The van der Waals surface area contributed by atoms with Crippen molar-refractivity contribution in [1.82, 2.24) is 9.97 Å². The Kier molecular flexibility index (Phi) is 4.73. The van der Waals surface area contributed by atoms with Crippen LogP contribution in [-0.4, -0.2) is 20.9 Å². The first-order valence-corrected chi connectivity index (χ1v) is 6.47. The molecular weight excluding hydrogens is 272 g/mol. The van der Waals surface area contributed by atoms with Gasteiger partial charge in [-0.1, -0.05) is 42.5 Å². The molecule has 0 aliphatic carbocycles. The second-order valence-corrected chi connectivity index (χ2v) is 4.73. The first-order valence-electron chi connectivity index (χ1n) is 6.06.